The Kier molecular flexibility index (Phi) is 3.75. The molecule has 21 heavy (non-hydrogen) atoms. The van der Waals surface area contributed by atoms with E-state index in [2.05, 4.69) is 41.2 Å². The van der Waals surface area contributed by atoms with Crippen LogP contribution in [-0.4, -0.2) is 32.8 Å². The van der Waals surface area contributed by atoms with Crippen LogP contribution in [0.4, 0.5) is 0 Å². The molecular weight excluding hydrogens is 262 g/mol. The number of imidazole rings is 1. The standard InChI is InChI=1S/C16H21N5/c1-4-17-10-9-13-11(2)20-21(12(13)3)16-18-14-7-5-6-8-15(14)19-16/h5-8,17H,4,9-10H2,1-3H3,(H,18,19). The van der Waals surface area contributed by atoms with Crippen molar-refractivity contribution in [2.24, 2.45) is 0 Å². The first-order valence-corrected chi connectivity index (χ1v) is 7.41. The summed E-state index contributed by atoms with van der Waals surface area (Å²) in [7, 11) is 0. The fraction of sp³-hybridized carbons (Fsp3) is 0.375. The van der Waals surface area contributed by atoms with Crippen molar-refractivity contribution in [2.45, 2.75) is 27.2 Å². The summed E-state index contributed by atoms with van der Waals surface area (Å²) < 4.78 is 1.91. The van der Waals surface area contributed by atoms with Gasteiger partial charge in [0.15, 0.2) is 0 Å². The molecule has 0 aliphatic rings. The van der Waals surface area contributed by atoms with Gasteiger partial charge in [-0.3, -0.25) is 0 Å². The zero-order valence-corrected chi connectivity index (χ0v) is 12.8. The van der Waals surface area contributed by atoms with Gasteiger partial charge in [0, 0.05) is 5.69 Å². The molecule has 2 heterocycles. The van der Waals surface area contributed by atoms with Crippen LogP contribution >= 0.6 is 0 Å². The Balaban J connectivity index is 1.96. The van der Waals surface area contributed by atoms with Crippen molar-refractivity contribution in [3.63, 3.8) is 0 Å². The normalized spacial score (nSPS) is 11.4. The van der Waals surface area contributed by atoms with Crippen molar-refractivity contribution >= 4 is 11.0 Å². The molecule has 0 saturated carbocycles. The predicted octanol–water partition coefficient (Wildman–Crippen LogP) is 2.52. The molecule has 0 unspecified atom stereocenters. The predicted molar refractivity (Wildman–Crippen MR) is 84.9 cm³/mol. The number of fused-ring (bicyclic) bond motifs is 1. The van der Waals surface area contributed by atoms with Crippen LogP contribution in [0, 0.1) is 13.8 Å². The summed E-state index contributed by atoms with van der Waals surface area (Å²) in [6.07, 6.45) is 0.992. The lowest BCUT2D eigenvalue weighted by atomic mass is 10.1. The first kappa shape index (κ1) is 13.8. The van der Waals surface area contributed by atoms with E-state index < -0.39 is 0 Å². The van der Waals surface area contributed by atoms with Crippen molar-refractivity contribution in [3.8, 4) is 5.95 Å². The van der Waals surface area contributed by atoms with Gasteiger partial charge < -0.3 is 10.3 Å². The fourth-order valence-electron chi connectivity index (χ4n) is 2.67. The molecule has 2 aromatic heterocycles. The third-order valence-corrected chi connectivity index (χ3v) is 3.82. The van der Waals surface area contributed by atoms with E-state index in [1.165, 1.54) is 5.56 Å². The third-order valence-electron chi connectivity index (χ3n) is 3.82. The highest BCUT2D eigenvalue weighted by atomic mass is 15.4. The minimum atomic E-state index is 0.784. The van der Waals surface area contributed by atoms with E-state index >= 15 is 0 Å². The van der Waals surface area contributed by atoms with Gasteiger partial charge in [-0.15, -0.1) is 0 Å². The molecule has 3 aromatic rings. The van der Waals surface area contributed by atoms with E-state index in [1.54, 1.807) is 0 Å². The Morgan fingerprint density at radius 3 is 2.81 bits per heavy atom. The monoisotopic (exact) mass is 283 g/mol. The number of likely N-dealkylation sites (N-methyl/N-ethyl adjacent to an activating group) is 1. The van der Waals surface area contributed by atoms with E-state index in [-0.39, 0.29) is 0 Å². The molecule has 0 radical (unpaired) electrons. The van der Waals surface area contributed by atoms with Gasteiger partial charge in [0.25, 0.3) is 0 Å². The maximum atomic E-state index is 4.65. The van der Waals surface area contributed by atoms with Crippen LogP contribution in [0.5, 0.6) is 0 Å². The lowest BCUT2D eigenvalue weighted by Gasteiger charge is -2.03. The Bertz CT molecular complexity index is 720. The van der Waals surface area contributed by atoms with Gasteiger partial charge in [0.2, 0.25) is 5.95 Å². The van der Waals surface area contributed by atoms with E-state index in [0.717, 1.165) is 47.9 Å². The number of H-pyrrole nitrogens is 1. The average Bonchev–Trinajstić information content (AvgIpc) is 3.02. The summed E-state index contributed by atoms with van der Waals surface area (Å²) in [5.41, 5.74) is 5.54. The van der Waals surface area contributed by atoms with Gasteiger partial charge in [-0.1, -0.05) is 19.1 Å². The second kappa shape index (κ2) is 5.69. The van der Waals surface area contributed by atoms with E-state index in [4.69, 9.17) is 0 Å². The quantitative estimate of drug-likeness (QED) is 0.707. The summed E-state index contributed by atoms with van der Waals surface area (Å²) in [6, 6.07) is 8.04. The Morgan fingerprint density at radius 2 is 2.05 bits per heavy atom. The van der Waals surface area contributed by atoms with Crippen LogP contribution < -0.4 is 5.32 Å². The second-order valence-corrected chi connectivity index (χ2v) is 5.24. The maximum absolute atomic E-state index is 4.65. The molecule has 3 rings (SSSR count). The Labute approximate surface area is 124 Å². The molecule has 0 amide bonds. The van der Waals surface area contributed by atoms with Gasteiger partial charge in [-0.25, -0.2) is 9.67 Å². The molecule has 0 fully saturated rings. The zero-order valence-electron chi connectivity index (χ0n) is 12.8. The summed E-state index contributed by atoms with van der Waals surface area (Å²) in [6.45, 7) is 8.26. The zero-order chi connectivity index (χ0) is 14.8. The van der Waals surface area contributed by atoms with Gasteiger partial charge in [-0.05, 0) is 51.1 Å². The van der Waals surface area contributed by atoms with E-state index in [1.807, 2.05) is 28.9 Å². The molecular formula is C16H21N5. The number of aromatic nitrogens is 4. The van der Waals surface area contributed by atoms with Crippen LogP contribution in [0.15, 0.2) is 24.3 Å². The number of hydrogen-bond acceptors (Lipinski definition) is 3. The number of para-hydroxylation sites is 2. The summed E-state index contributed by atoms with van der Waals surface area (Å²) >= 11 is 0. The molecule has 5 heteroatoms. The molecule has 0 atom stereocenters. The van der Waals surface area contributed by atoms with Crippen molar-refractivity contribution in [1.82, 2.24) is 25.1 Å². The van der Waals surface area contributed by atoms with Gasteiger partial charge >= 0.3 is 0 Å². The molecule has 0 spiro atoms. The van der Waals surface area contributed by atoms with Crippen LogP contribution in [0.2, 0.25) is 0 Å². The second-order valence-electron chi connectivity index (χ2n) is 5.24. The molecule has 110 valence electrons. The van der Waals surface area contributed by atoms with Gasteiger partial charge in [0.1, 0.15) is 0 Å². The highest BCUT2D eigenvalue weighted by Crippen LogP contribution is 2.19. The molecule has 0 aliphatic carbocycles. The Hall–Kier alpha value is -2.14. The minimum absolute atomic E-state index is 0.784. The average molecular weight is 283 g/mol. The van der Waals surface area contributed by atoms with Crippen molar-refractivity contribution < 1.29 is 0 Å². The number of rotatable bonds is 5. The van der Waals surface area contributed by atoms with Crippen LogP contribution in [0.1, 0.15) is 23.9 Å². The number of benzene rings is 1. The number of hydrogen-bond donors (Lipinski definition) is 2. The van der Waals surface area contributed by atoms with E-state index in [0.29, 0.717) is 0 Å². The first-order valence-electron chi connectivity index (χ1n) is 7.41. The number of nitrogens with one attached hydrogen (secondary N) is 2. The largest absolute Gasteiger partial charge is 0.322 e. The number of aromatic amines is 1. The molecule has 5 nitrogen and oxygen atoms in total. The van der Waals surface area contributed by atoms with Crippen LogP contribution in [-0.2, 0) is 6.42 Å². The van der Waals surface area contributed by atoms with Gasteiger partial charge in [0.05, 0.1) is 16.7 Å². The summed E-state index contributed by atoms with van der Waals surface area (Å²) in [4.78, 5) is 7.96. The molecule has 1 aromatic carbocycles. The van der Waals surface area contributed by atoms with Crippen LogP contribution in [0.3, 0.4) is 0 Å². The Morgan fingerprint density at radius 1 is 1.24 bits per heavy atom. The fourth-order valence-corrected chi connectivity index (χ4v) is 2.67. The van der Waals surface area contributed by atoms with E-state index in [9.17, 15) is 0 Å². The SMILES string of the molecule is CCNCCc1c(C)nn(-c2nc3ccccc3[nH]2)c1C. The third kappa shape index (κ3) is 2.56. The van der Waals surface area contributed by atoms with Crippen molar-refractivity contribution in [2.75, 3.05) is 13.1 Å². The topological polar surface area (TPSA) is 58.5 Å². The smallest absolute Gasteiger partial charge is 0.229 e. The summed E-state index contributed by atoms with van der Waals surface area (Å²) in [5.74, 6) is 0.784. The highest BCUT2D eigenvalue weighted by Gasteiger charge is 2.14. The van der Waals surface area contributed by atoms with Crippen molar-refractivity contribution in [1.29, 1.82) is 0 Å². The molecule has 0 aliphatic heterocycles. The first-order chi connectivity index (χ1) is 10.2. The van der Waals surface area contributed by atoms with Crippen LogP contribution in [0.25, 0.3) is 17.0 Å². The molecule has 0 saturated heterocycles. The maximum Gasteiger partial charge on any atom is 0.229 e. The van der Waals surface area contributed by atoms with Crippen molar-refractivity contribution in [3.05, 3.63) is 41.2 Å². The van der Waals surface area contributed by atoms with Gasteiger partial charge in [-0.2, -0.15) is 5.10 Å². The highest BCUT2D eigenvalue weighted by molar-refractivity contribution is 5.75. The lowest BCUT2D eigenvalue weighted by Crippen LogP contribution is -2.16. The lowest BCUT2D eigenvalue weighted by molar-refractivity contribution is 0.712. The summed E-state index contributed by atoms with van der Waals surface area (Å²) in [5, 5.41) is 8.01. The minimum Gasteiger partial charge on any atom is -0.322 e. The molecule has 2 N–H and O–H groups in total. The number of aryl methyl sites for hydroxylation is 1. The molecule has 0 bridgehead atoms. The number of nitrogens with zero attached hydrogens (tertiary/aromatic N) is 3.